The largest absolute Gasteiger partial charge is 0.450 e. The summed E-state index contributed by atoms with van der Waals surface area (Å²) in [5.41, 5.74) is 6.65. The van der Waals surface area contributed by atoms with E-state index in [9.17, 15) is 9.59 Å². The van der Waals surface area contributed by atoms with Gasteiger partial charge in [0.25, 0.3) is 0 Å². The lowest BCUT2D eigenvalue weighted by atomic mass is 10.1. The van der Waals surface area contributed by atoms with Crippen molar-refractivity contribution in [2.24, 2.45) is 5.73 Å². The second kappa shape index (κ2) is 8.64. The number of piperidine rings is 1. The number of aromatic nitrogens is 4. The van der Waals surface area contributed by atoms with Crippen LogP contribution < -0.4 is 11.1 Å². The van der Waals surface area contributed by atoms with Gasteiger partial charge < -0.3 is 34.9 Å². The minimum atomic E-state index is -0.946. The lowest BCUT2D eigenvalue weighted by Gasteiger charge is -2.31. The molecule has 0 unspecified atom stereocenters. The van der Waals surface area contributed by atoms with E-state index >= 15 is 0 Å². The Hall–Kier alpha value is -3.03. The van der Waals surface area contributed by atoms with Gasteiger partial charge in [0.2, 0.25) is 5.91 Å². The van der Waals surface area contributed by atoms with Crippen molar-refractivity contribution in [2.75, 3.05) is 25.0 Å². The number of anilines is 1. The van der Waals surface area contributed by atoms with Gasteiger partial charge in [0.1, 0.15) is 18.5 Å². The summed E-state index contributed by atoms with van der Waals surface area (Å²) < 4.78 is 24.7. The molecule has 34 heavy (non-hydrogen) atoms. The summed E-state index contributed by atoms with van der Waals surface area (Å²) in [5, 5.41) is 3.43. The summed E-state index contributed by atoms with van der Waals surface area (Å²) in [6.45, 7) is 6.91. The van der Waals surface area contributed by atoms with E-state index in [1.165, 1.54) is 6.33 Å². The summed E-state index contributed by atoms with van der Waals surface area (Å²) in [5.74, 6) is -0.903. The van der Waals surface area contributed by atoms with Gasteiger partial charge in [-0.15, -0.1) is 0 Å². The van der Waals surface area contributed by atoms with Gasteiger partial charge in [0, 0.05) is 19.1 Å². The monoisotopic (exact) mass is 475 g/mol. The number of nitrogens with one attached hydrogen (secondary N) is 1. The Kier molecular flexibility index (Phi) is 5.78. The van der Waals surface area contributed by atoms with Crippen molar-refractivity contribution in [3.8, 4) is 0 Å². The number of imidazole rings is 1. The first-order chi connectivity index (χ1) is 16.3. The third-order valence-corrected chi connectivity index (χ3v) is 6.30. The van der Waals surface area contributed by atoms with Crippen LogP contribution in [0.15, 0.2) is 12.7 Å². The second-order valence-corrected chi connectivity index (χ2v) is 9.07. The zero-order valence-electron chi connectivity index (χ0n) is 19.3. The summed E-state index contributed by atoms with van der Waals surface area (Å²) in [6, 6.07) is 0.118. The van der Waals surface area contributed by atoms with Gasteiger partial charge in [-0.3, -0.25) is 9.36 Å². The van der Waals surface area contributed by atoms with Crippen LogP contribution in [0.2, 0.25) is 0 Å². The topological polar surface area (TPSA) is 156 Å². The van der Waals surface area contributed by atoms with E-state index in [1.54, 1.807) is 36.6 Å². The van der Waals surface area contributed by atoms with Gasteiger partial charge >= 0.3 is 6.09 Å². The van der Waals surface area contributed by atoms with Crippen LogP contribution in [0.1, 0.15) is 39.8 Å². The molecule has 5 rings (SSSR count). The zero-order valence-corrected chi connectivity index (χ0v) is 19.3. The van der Waals surface area contributed by atoms with Gasteiger partial charge in [-0.2, -0.15) is 0 Å². The highest BCUT2D eigenvalue weighted by molar-refractivity contribution is 5.83. The molecule has 13 heteroatoms. The molecule has 2 aromatic heterocycles. The summed E-state index contributed by atoms with van der Waals surface area (Å²) in [7, 11) is 0. The Bertz CT molecular complexity index is 1080. The molecule has 3 aliphatic rings. The summed E-state index contributed by atoms with van der Waals surface area (Å²) >= 11 is 0. The van der Waals surface area contributed by atoms with E-state index in [2.05, 4.69) is 20.3 Å². The standard InChI is InChI=1S/C21H29N7O6/c1-4-31-20(30)27-7-5-11(6-8-27)26-17-12-18(24-9-23-17)28(10-25-12)19-15-13(14(32-19)16(22)29)33-21(2,3)34-15/h9-11,13-15,19H,4-8H2,1-3H3,(H2,22,29)(H,23,24,26)/t13-,14+,15-,19-/m1/s1. The normalized spacial score (nSPS) is 28.7. The van der Waals surface area contributed by atoms with E-state index in [1.807, 2.05) is 0 Å². The Labute approximate surface area is 195 Å². The molecule has 2 amide bonds. The minimum absolute atomic E-state index is 0.118. The molecule has 2 aromatic rings. The zero-order chi connectivity index (χ0) is 24.0. The van der Waals surface area contributed by atoms with Crippen molar-refractivity contribution < 1.29 is 28.5 Å². The Morgan fingerprint density at radius 3 is 2.65 bits per heavy atom. The molecule has 3 fully saturated rings. The van der Waals surface area contributed by atoms with Crippen LogP contribution in [0, 0.1) is 0 Å². The van der Waals surface area contributed by atoms with Gasteiger partial charge in [-0.05, 0) is 33.6 Å². The van der Waals surface area contributed by atoms with Gasteiger partial charge in [-0.25, -0.2) is 19.7 Å². The molecule has 0 aliphatic carbocycles. The SMILES string of the molecule is CCOC(=O)N1CCC(Nc2ncnc3c2ncn3[C@@H]2O[C@H](C(N)=O)[C@H]3OC(C)(C)O[C@H]32)CC1. The van der Waals surface area contributed by atoms with Gasteiger partial charge in [-0.1, -0.05) is 0 Å². The maximum Gasteiger partial charge on any atom is 0.409 e. The first-order valence-electron chi connectivity index (χ1n) is 11.4. The highest BCUT2D eigenvalue weighted by atomic mass is 16.8. The number of nitrogens with two attached hydrogens (primary N) is 1. The molecule has 3 N–H and O–H groups in total. The summed E-state index contributed by atoms with van der Waals surface area (Å²) in [6.07, 6.45) is 1.44. The van der Waals surface area contributed by atoms with Crippen LogP contribution in [0.5, 0.6) is 0 Å². The predicted octanol–water partition coefficient (Wildman–Crippen LogP) is 0.762. The number of primary amides is 1. The van der Waals surface area contributed by atoms with Crippen molar-refractivity contribution in [2.45, 2.75) is 70.0 Å². The molecular weight excluding hydrogens is 446 g/mol. The number of rotatable bonds is 5. The molecule has 13 nitrogen and oxygen atoms in total. The average Bonchev–Trinajstić information content (AvgIpc) is 3.45. The molecule has 0 saturated carbocycles. The van der Waals surface area contributed by atoms with Gasteiger partial charge in [0.05, 0.1) is 12.9 Å². The third-order valence-electron chi connectivity index (χ3n) is 6.30. The molecule has 0 spiro atoms. The second-order valence-electron chi connectivity index (χ2n) is 9.07. The number of hydrogen-bond acceptors (Lipinski definition) is 10. The number of hydrogen-bond donors (Lipinski definition) is 2. The van der Waals surface area contributed by atoms with E-state index in [4.69, 9.17) is 24.7 Å². The highest BCUT2D eigenvalue weighted by Crippen LogP contribution is 2.43. The van der Waals surface area contributed by atoms with Crippen LogP contribution in [0.4, 0.5) is 10.6 Å². The van der Waals surface area contributed by atoms with Crippen LogP contribution in [-0.2, 0) is 23.7 Å². The molecule has 3 saturated heterocycles. The first-order valence-corrected chi connectivity index (χ1v) is 11.4. The number of carbonyl (C=O) groups is 2. The van der Waals surface area contributed by atoms with Crippen molar-refractivity contribution in [3.63, 3.8) is 0 Å². The Morgan fingerprint density at radius 1 is 1.21 bits per heavy atom. The van der Waals surface area contributed by atoms with Crippen LogP contribution in [-0.4, -0.2) is 86.3 Å². The summed E-state index contributed by atoms with van der Waals surface area (Å²) in [4.78, 5) is 38.9. The fraction of sp³-hybridized carbons (Fsp3) is 0.667. The van der Waals surface area contributed by atoms with E-state index < -0.39 is 36.2 Å². The molecule has 0 bridgehead atoms. The highest BCUT2D eigenvalue weighted by Gasteiger charge is 2.58. The van der Waals surface area contributed by atoms with E-state index in [0.717, 1.165) is 12.8 Å². The third kappa shape index (κ3) is 4.03. The number of ether oxygens (including phenoxy) is 4. The smallest absolute Gasteiger partial charge is 0.409 e. The lowest BCUT2D eigenvalue weighted by molar-refractivity contribution is -0.196. The fourth-order valence-corrected chi connectivity index (χ4v) is 4.79. The maximum atomic E-state index is 12.0. The number of nitrogens with zero attached hydrogens (tertiary/aromatic N) is 5. The van der Waals surface area contributed by atoms with Crippen molar-refractivity contribution in [1.82, 2.24) is 24.4 Å². The van der Waals surface area contributed by atoms with E-state index in [-0.39, 0.29) is 12.1 Å². The van der Waals surface area contributed by atoms with Crippen LogP contribution in [0.3, 0.4) is 0 Å². The number of fused-ring (bicyclic) bond motifs is 2. The van der Waals surface area contributed by atoms with Crippen molar-refractivity contribution in [3.05, 3.63) is 12.7 Å². The van der Waals surface area contributed by atoms with Crippen molar-refractivity contribution >= 4 is 29.0 Å². The number of amides is 2. The van der Waals surface area contributed by atoms with Crippen LogP contribution >= 0.6 is 0 Å². The quantitative estimate of drug-likeness (QED) is 0.633. The predicted molar refractivity (Wildman–Crippen MR) is 117 cm³/mol. The van der Waals surface area contributed by atoms with Crippen molar-refractivity contribution in [1.29, 1.82) is 0 Å². The molecule has 0 aromatic carbocycles. The maximum absolute atomic E-state index is 12.0. The molecule has 0 radical (unpaired) electrons. The average molecular weight is 476 g/mol. The van der Waals surface area contributed by atoms with Crippen LogP contribution in [0.25, 0.3) is 11.2 Å². The first kappa shape index (κ1) is 22.7. The fourth-order valence-electron chi connectivity index (χ4n) is 4.79. The number of carbonyl (C=O) groups excluding carboxylic acids is 2. The van der Waals surface area contributed by atoms with Gasteiger partial charge in [0.15, 0.2) is 35.1 Å². The number of likely N-dealkylation sites (tertiary alicyclic amines) is 1. The lowest BCUT2D eigenvalue weighted by Crippen LogP contribution is -2.42. The Morgan fingerprint density at radius 2 is 1.94 bits per heavy atom. The molecule has 3 aliphatic heterocycles. The Balaban J connectivity index is 1.34. The molecule has 184 valence electrons. The molecule has 4 atom stereocenters. The minimum Gasteiger partial charge on any atom is -0.450 e. The molecule has 5 heterocycles. The molecular formula is C21H29N7O6. The van der Waals surface area contributed by atoms with E-state index in [0.29, 0.717) is 36.7 Å².